The van der Waals surface area contributed by atoms with Gasteiger partial charge in [-0.1, -0.05) is 6.92 Å². The lowest BCUT2D eigenvalue weighted by atomic mass is 9.96. The van der Waals surface area contributed by atoms with Crippen LogP contribution in [0.4, 0.5) is 5.69 Å². The average Bonchev–Trinajstić information content (AvgIpc) is 2.54. The number of anilines is 1. The molecule has 0 saturated heterocycles. The first-order valence-electron chi connectivity index (χ1n) is 5.87. The summed E-state index contributed by atoms with van der Waals surface area (Å²) in [5.74, 6) is -0.241. The number of hydrogen-bond acceptors (Lipinski definition) is 3. The lowest BCUT2D eigenvalue weighted by Gasteiger charge is -2.25. The Balaban J connectivity index is 2.07. The van der Waals surface area contributed by atoms with E-state index in [0.29, 0.717) is 11.4 Å². The predicted molar refractivity (Wildman–Crippen MR) is 62.2 cm³/mol. The van der Waals surface area contributed by atoms with Gasteiger partial charge in [-0.25, -0.2) is 4.79 Å². The Labute approximate surface area is 95.4 Å². The van der Waals surface area contributed by atoms with Gasteiger partial charge >= 0.3 is 5.97 Å². The summed E-state index contributed by atoms with van der Waals surface area (Å²) in [6.45, 7) is 2.86. The zero-order chi connectivity index (χ0) is 11.5. The van der Waals surface area contributed by atoms with E-state index in [0.717, 1.165) is 32.2 Å². The zero-order valence-corrected chi connectivity index (χ0v) is 9.61. The molecular weight excluding hydrogens is 204 g/mol. The van der Waals surface area contributed by atoms with Crippen LogP contribution < -0.4 is 5.73 Å². The van der Waals surface area contributed by atoms with Crippen LogP contribution in [-0.4, -0.2) is 16.6 Å². The molecule has 2 rings (SSSR count). The fourth-order valence-corrected chi connectivity index (χ4v) is 1.83. The minimum absolute atomic E-state index is 0.124. The molecule has 1 saturated carbocycles. The maximum atomic E-state index is 11.9. The maximum absolute atomic E-state index is 11.9. The Morgan fingerprint density at radius 2 is 2.38 bits per heavy atom. The third-order valence-electron chi connectivity index (χ3n) is 2.92. The molecule has 88 valence electrons. The molecular formula is C12H18N2O2. The third-order valence-corrected chi connectivity index (χ3v) is 2.92. The van der Waals surface area contributed by atoms with Gasteiger partial charge in [0.05, 0.1) is 5.69 Å². The van der Waals surface area contributed by atoms with Crippen molar-refractivity contribution in [3.8, 4) is 0 Å². The Morgan fingerprint density at radius 1 is 1.62 bits per heavy atom. The van der Waals surface area contributed by atoms with Crippen LogP contribution in [0.2, 0.25) is 0 Å². The summed E-state index contributed by atoms with van der Waals surface area (Å²) < 4.78 is 7.23. The number of esters is 1. The molecule has 1 fully saturated rings. The van der Waals surface area contributed by atoms with Crippen molar-refractivity contribution in [3.63, 3.8) is 0 Å². The predicted octanol–water partition coefficient (Wildman–Crippen LogP) is 2.19. The lowest BCUT2D eigenvalue weighted by molar-refractivity contribution is 0.00787. The van der Waals surface area contributed by atoms with E-state index in [2.05, 4.69) is 6.92 Å². The summed E-state index contributed by atoms with van der Waals surface area (Å²) >= 11 is 0. The van der Waals surface area contributed by atoms with Crippen LogP contribution in [0.1, 0.15) is 43.1 Å². The molecule has 0 bridgehead atoms. The van der Waals surface area contributed by atoms with Gasteiger partial charge < -0.3 is 15.0 Å². The highest BCUT2D eigenvalue weighted by Crippen LogP contribution is 2.23. The minimum atomic E-state index is -0.241. The molecule has 0 aliphatic heterocycles. The minimum Gasteiger partial charge on any atom is -0.458 e. The van der Waals surface area contributed by atoms with E-state index in [9.17, 15) is 4.79 Å². The van der Waals surface area contributed by atoms with Gasteiger partial charge in [0, 0.05) is 12.7 Å². The number of nitrogens with zero attached hydrogens (tertiary/aromatic N) is 1. The highest BCUT2D eigenvalue weighted by atomic mass is 16.5. The Hall–Kier alpha value is -1.45. The van der Waals surface area contributed by atoms with Gasteiger partial charge in [0.15, 0.2) is 0 Å². The molecule has 1 aliphatic rings. The number of ether oxygens (including phenoxy) is 1. The number of carbonyl (C=O) groups is 1. The summed E-state index contributed by atoms with van der Waals surface area (Å²) in [7, 11) is 0. The van der Waals surface area contributed by atoms with Crippen LogP contribution in [0, 0.1) is 0 Å². The number of carbonyl (C=O) groups excluding carboxylic acids is 1. The van der Waals surface area contributed by atoms with Gasteiger partial charge in [-0.2, -0.15) is 0 Å². The Morgan fingerprint density at radius 3 is 2.94 bits per heavy atom. The molecule has 0 radical (unpaired) electrons. The number of nitrogen functional groups attached to an aromatic ring is 1. The first-order chi connectivity index (χ1) is 7.70. The number of aryl methyl sites for hydroxylation is 1. The van der Waals surface area contributed by atoms with Crippen LogP contribution in [0.3, 0.4) is 0 Å². The molecule has 0 amide bonds. The van der Waals surface area contributed by atoms with E-state index in [1.807, 2.05) is 4.57 Å². The molecule has 4 heteroatoms. The van der Waals surface area contributed by atoms with Crippen molar-refractivity contribution >= 4 is 11.7 Å². The van der Waals surface area contributed by atoms with E-state index in [-0.39, 0.29) is 12.1 Å². The number of rotatable bonds is 4. The molecule has 1 aromatic rings. The monoisotopic (exact) mass is 222 g/mol. The number of aromatic nitrogens is 1. The van der Waals surface area contributed by atoms with Crippen molar-refractivity contribution in [2.45, 2.75) is 45.3 Å². The molecule has 1 heterocycles. The summed E-state index contributed by atoms with van der Waals surface area (Å²) in [5.41, 5.74) is 6.89. The highest BCUT2D eigenvalue weighted by molar-refractivity contribution is 5.89. The SMILES string of the molecule is CCCn1cc(N)cc1C(=O)OC1CCC1. The number of hydrogen-bond donors (Lipinski definition) is 1. The first kappa shape index (κ1) is 11.0. The van der Waals surface area contributed by atoms with Crippen LogP contribution in [0.15, 0.2) is 12.3 Å². The van der Waals surface area contributed by atoms with Crippen molar-refractivity contribution in [2.24, 2.45) is 0 Å². The van der Waals surface area contributed by atoms with E-state index in [1.54, 1.807) is 12.3 Å². The lowest BCUT2D eigenvalue weighted by Crippen LogP contribution is -2.26. The Bertz CT molecular complexity index is 380. The zero-order valence-electron chi connectivity index (χ0n) is 9.61. The average molecular weight is 222 g/mol. The maximum Gasteiger partial charge on any atom is 0.355 e. The topological polar surface area (TPSA) is 57.2 Å². The van der Waals surface area contributed by atoms with Crippen molar-refractivity contribution in [2.75, 3.05) is 5.73 Å². The first-order valence-corrected chi connectivity index (χ1v) is 5.87. The second-order valence-electron chi connectivity index (χ2n) is 4.31. The van der Waals surface area contributed by atoms with Crippen molar-refractivity contribution < 1.29 is 9.53 Å². The largest absolute Gasteiger partial charge is 0.458 e. The van der Waals surface area contributed by atoms with Crippen molar-refractivity contribution in [3.05, 3.63) is 18.0 Å². The van der Waals surface area contributed by atoms with E-state index in [1.165, 1.54) is 0 Å². The quantitative estimate of drug-likeness (QED) is 0.794. The fraction of sp³-hybridized carbons (Fsp3) is 0.583. The van der Waals surface area contributed by atoms with Crippen LogP contribution in [0.25, 0.3) is 0 Å². The summed E-state index contributed by atoms with van der Waals surface area (Å²) in [6.07, 6.45) is 6.04. The van der Waals surface area contributed by atoms with Gasteiger partial charge in [0.1, 0.15) is 11.8 Å². The number of nitrogens with two attached hydrogens (primary N) is 1. The van der Waals surface area contributed by atoms with Gasteiger partial charge in [-0.05, 0) is 31.7 Å². The van der Waals surface area contributed by atoms with Gasteiger partial charge in [-0.15, -0.1) is 0 Å². The molecule has 0 atom stereocenters. The standard InChI is InChI=1S/C12H18N2O2/c1-2-6-14-8-9(13)7-11(14)12(15)16-10-4-3-5-10/h7-8,10H,2-6,13H2,1H3. The molecule has 0 unspecified atom stereocenters. The van der Waals surface area contributed by atoms with E-state index >= 15 is 0 Å². The molecule has 1 aromatic heterocycles. The Kier molecular flexibility index (Phi) is 3.17. The molecule has 2 N–H and O–H groups in total. The molecule has 0 aromatic carbocycles. The van der Waals surface area contributed by atoms with Crippen LogP contribution in [-0.2, 0) is 11.3 Å². The van der Waals surface area contributed by atoms with Crippen LogP contribution >= 0.6 is 0 Å². The van der Waals surface area contributed by atoms with Gasteiger partial charge in [0.2, 0.25) is 0 Å². The smallest absolute Gasteiger partial charge is 0.355 e. The van der Waals surface area contributed by atoms with Crippen LogP contribution in [0.5, 0.6) is 0 Å². The fourth-order valence-electron chi connectivity index (χ4n) is 1.83. The van der Waals surface area contributed by atoms with E-state index in [4.69, 9.17) is 10.5 Å². The molecule has 4 nitrogen and oxygen atoms in total. The highest BCUT2D eigenvalue weighted by Gasteiger charge is 2.24. The molecule has 16 heavy (non-hydrogen) atoms. The van der Waals surface area contributed by atoms with Gasteiger partial charge in [-0.3, -0.25) is 0 Å². The van der Waals surface area contributed by atoms with Crippen molar-refractivity contribution in [1.82, 2.24) is 4.57 Å². The van der Waals surface area contributed by atoms with E-state index < -0.39 is 0 Å². The summed E-state index contributed by atoms with van der Waals surface area (Å²) in [5, 5.41) is 0. The molecule has 0 spiro atoms. The third kappa shape index (κ3) is 2.21. The van der Waals surface area contributed by atoms with Crippen molar-refractivity contribution in [1.29, 1.82) is 0 Å². The normalized spacial score (nSPS) is 15.8. The summed E-state index contributed by atoms with van der Waals surface area (Å²) in [4.78, 5) is 11.9. The van der Waals surface area contributed by atoms with Gasteiger partial charge in [0.25, 0.3) is 0 Å². The molecule has 1 aliphatic carbocycles. The second-order valence-corrected chi connectivity index (χ2v) is 4.31. The summed E-state index contributed by atoms with van der Waals surface area (Å²) in [6, 6.07) is 1.69. The second kappa shape index (κ2) is 4.60.